The molecule has 32 heavy (non-hydrogen) atoms. The molecule has 0 aliphatic carbocycles. The summed E-state index contributed by atoms with van der Waals surface area (Å²) in [5.41, 5.74) is 6.38. The van der Waals surface area contributed by atoms with Crippen molar-refractivity contribution in [1.29, 1.82) is 0 Å². The second-order valence-corrected chi connectivity index (χ2v) is 9.00. The molecule has 1 aliphatic heterocycles. The molecular weight excluding hydrogens is 400 g/mol. The Morgan fingerprint density at radius 3 is 2.62 bits per heavy atom. The first-order chi connectivity index (χ1) is 15.5. The van der Waals surface area contributed by atoms with Crippen LogP contribution in [0.1, 0.15) is 49.8 Å². The number of ether oxygens (including phenoxy) is 1. The minimum absolute atomic E-state index is 0.420. The topological polar surface area (TPSA) is 69.8 Å². The first kappa shape index (κ1) is 20.7. The Morgan fingerprint density at radius 1 is 1.06 bits per heavy atom. The smallest absolute Gasteiger partial charge is 0.132 e. The highest BCUT2D eigenvalue weighted by Gasteiger charge is 2.23. The molecule has 5 rings (SSSR count). The molecule has 0 spiro atoms. The second kappa shape index (κ2) is 8.39. The zero-order valence-electron chi connectivity index (χ0n) is 19.2. The summed E-state index contributed by atoms with van der Waals surface area (Å²) in [7, 11) is 4.03. The van der Waals surface area contributed by atoms with E-state index in [2.05, 4.69) is 60.3 Å². The zero-order chi connectivity index (χ0) is 22.2. The van der Waals surface area contributed by atoms with Crippen LogP contribution in [0.25, 0.3) is 22.2 Å². The number of aryl methyl sites for hydroxylation is 2. The van der Waals surface area contributed by atoms with Gasteiger partial charge >= 0.3 is 0 Å². The Bertz CT molecular complexity index is 1250. The van der Waals surface area contributed by atoms with Gasteiger partial charge in [-0.2, -0.15) is 5.10 Å². The van der Waals surface area contributed by atoms with Crippen LogP contribution in [0.5, 0.6) is 0 Å². The Balaban J connectivity index is 1.48. The van der Waals surface area contributed by atoms with Crippen molar-refractivity contribution in [2.24, 2.45) is 14.1 Å². The van der Waals surface area contributed by atoms with Crippen LogP contribution in [0, 0.1) is 0 Å². The third-order valence-corrected chi connectivity index (χ3v) is 6.26. The highest BCUT2D eigenvalue weighted by atomic mass is 16.5. The van der Waals surface area contributed by atoms with Crippen molar-refractivity contribution in [3.8, 4) is 11.1 Å². The van der Waals surface area contributed by atoms with E-state index in [1.54, 1.807) is 0 Å². The predicted octanol–water partition coefficient (Wildman–Crippen LogP) is 5.13. The molecule has 0 bridgehead atoms. The maximum atomic E-state index is 5.55. The van der Waals surface area contributed by atoms with Crippen molar-refractivity contribution in [3.63, 3.8) is 0 Å². The van der Waals surface area contributed by atoms with Gasteiger partial charge in [-0.05, 0) is 48.6 Å². The molecule has 4 aromatic heterocycles. The van der Waals surface area contributed by atoms with E-state index in [1.165, 1.54) is 5.56 Å². The third kappa shape index (κ3) is 4.00. The van der Waals surface area contributed by atoms with Crippen molar-refractivity contribution in [1.82, 2.24) is 24.3 Å². The van der Waals surface area contributed by atoms with Gasteiger partial charge in [-0.15, -0.1) is 0 Å². The van der Waals surface area contributed by atoms with E-state index >= 15 is 0 Å². The van der Waals surface area contributed by atoms with Crippen molar-refractivity contribution in [3.05, 3.63) is 54.1 Å². The number of aromatic nitrogens is 5. The first-order valence-corrected chi connectivity index (χ1v) is 11.3. The van der Waals surface area contributed by atoms with Gasteiger partial charge in [0, 0.05) is 62.9 Å². The molecule has 0 atom stereocenters. The Kier molecular flexibility index (Phi) is 5.43. The average Bonchev–Trinajstić information content (AvgIpc) is 3.37. The lowest BCUT2D eigenvalue weighted by atomic mass is 9.92. The van der Waals surface area contributed by atoms with E-state index in [0.717, 1.165) is 65.5 Å². The highest BCUT2D eigenvalue weighted by molar-refractivity contribution is 5.82. The van der Waals surface area contributed by atoms with Gasteiger partial charge in [0.1, 0.15) is 11.6 Å². The fourth-order valence-electron chi connectivity index (χ4n) is 4.39. The zero-order valence-corrected chi connectivity index (χ0v) is 19.2. The van der Waals surface area contributed by atoms with Crippen LogP contribution in [-0.2, 0) is 18.8 Å². The van der Waals surface area contributed by atoms with Gasteiger partial charge in [0.15, 0.2) is 0 Å². The summed E-state index contributed by atoms with van der Waals surface area (Å²) in [6.07, 6.45) is 8.20. The summed E-state index contributed by atoms with van der Waals surface area (Å²) in [6, 6.07) is 8.30. The van der Waals surface area contributed by atoms with E-state index in [1.807, 2.05) is 30.1 Å². The van der Waals surface area contributed by atoms with Gasteiger partial charge in [-0.1, -0.05) is 13.8 Å². The molecule has 7 nitrogen and oxygen atoms in total. The molecule has 0 amide bonds. The van der Waals surface area contributed by atoms with Crippen LogP contribution in [0.15, 0.2) is 42.9 Å². The van der Waals surface area contributed by atoms with E-state index in [4.69, 9.17) is 14.8 Å². The van der Waals surface area contributed by atoms with Gasteiger partial charge in [-0.3, -0.25) is 9.67 Å². The van der Waals surface area contributed by atoms with Gasteiger partial charge in [0.2, 0.25) is 0 Å². The summed E-state index contributed by atoms with van der Waals surface area (Å²) in [6.45, 7) is 6.00. The lowest BCUT2D eigenvalue weighted by Crippen LogP contribution is -2.15. The SMILES string of the molecule is CC(C)c1cc(Nc2ccc3ncc(-c4cn(C)nc4C4CCOCC4)cc3n2)n(C)c1. The number of fused-ring (bicyclic) bond motifs is 1. The molecule has 1 saturated heterocycles. The maximum Gasteiger partial charge on any atom is 0.132 e. The molecule has 5 heterocycles. The number of anilines is 2. The van der Waals surface area contributed by atoms with E-state index in [0.29, 0.717) is 11.8 Å². The highest BCUT2D eigenvalue weighted by Crippen LogP contribution is 2.34. The molecule has 7 heteroatoms. The summed E-state index contributed by atoms with van der Waals surface area (Å²) in [4.78, 5) is 9.56. The van der Waals surface area contributed by atoms with Crippen molar-refractivity contribution in [2.45, 2.75) is 38.5 Å². The normalized spacial score (nSPS) is 15.0. The number of nitrogens with zero attached hydrogens (tertiary/aromatic N) is 5. The predicted molar refractivity (Wildman–Crippen MR) is 127 cm³/mol. The van der Waals surface area contributed by atoms with Crippen LogP contribution < -0.4 is 5.32 Å². The number of pyridine rings is 2. The molecule has 0 aromatic carbocycles. The second-order valence-electron chi connectivity index (χ2n) is 9.00. The Morgan fingerprint density at radius 2 is 1.88 bits per heavy atom. The summed E-state index contributed by atoms with van der Waals surface area (Å²) in [5, 5.41) is 8.25. The number of hydrogen-bond donors (Lipinski definition) is 1. The lowest BCUT2D eigenvalue weighted by Gasteiger charge is -2.21. The summed E-state index contributed by atoms with van der Waals surface area (Å²) >= 11 is 0. The average molecular weight is 431 g/mol. The minimum atomic E-state index is 0.420. The molecule has 0 saturated carbocycles. The molecule has 4 aromatic rings. The van der Waals surface area contributed by atoms with Crippen LogP contribution in [0.4, 0.5) is 11.6 Å². The molecule has 166 valence electrons. The standard InChI is InChI=1S/C25H30N6O/c1-16(2)19-12-24(30(3)14-19)28-23-6-5-21-22(27-23)11-18(13-26-21)20-15-31(4)29-25(20)17-7-9-32-10-8-17/h5-6,11-17H,7-10H2,1-4H3,(H,27,28). The quantitative estimate of drug-likeness (QED) is 0.475. The largest absolute Gasteiger partial charge is 0.381 e. The fraction of sp³-hybridized carbons (Fsp3) is 0.400. The van der Waals surface area contributed by atoms with Gasteiger partial charge < -0.3 is 14.6 Å². The van der Waals surface area contributed by atoms with Crippen LogP contribution in [0.3, 0.4) is 0 Å². The lowest BCUT2D eigenvalue weighted by molar-refractivity contribution is 0.0845. The first-order valence-electron chi connectivity index (χ1n) is 11.3. The van der Waals surface area contributed by atoms with E-state index in [-0.39, 0.29) is 0 Å². The maximum absolute atomic E-state index is 5.55. The van der Waals surface area contributed by atoms with Crippen LogP contribution >= 0.6 is 0 Å². The van der Waals surface area contributed by atoms with E-state index < -0.39 is 0 Å². The fourth-order valence-corrected chi connectivity index (χ4v) is 4.39. The minimum Gasteiger partial charge on any atom is -0.381 e. The van der Waals surface area contributed by atoms with Crippen molar-refractivity contribution in [2.75, 3.05) is 18.5 Å². The molecule has 1 N–H and O–H groups in total. The molecule has 1 fully saturated rings. The number of hydrogen-bond acceptors (Lipinski definition) is 5. The third-order valence-electron chi connectivity index (χ3n) is 6.26. The summed E-state index contributed by atoms with van der Waals surface area (Å²) in [5.74, 6) is 2.74. The summed E-state index contributed by atoms with van der Waals surface area (Å²) < 4.78 is 9.55. The van der Waals surface area contributed by atoms with Gasteiger partial charge in [0.05, 0.1) is 16.7 Å². The van der Waals surface area contributed by atoms with Gasteiger partial charge in [-0.25, -0.2) is 4.98 Å². The molecule has 1 aliphatic rings. The van der Waals surface area contributed by atoms with Crippen molar-refractivity contribution < 1.29 is 4.74 Å². The monoisotopic (exact) mass is 430 g/mol. The van der Waals surface area contributed by atoms with Crippen molar-refractivity contribution >= 4 is 22.7 Å². The Hall–Kier alpha value is -3.19. The van der Waals surface area contributed by atoms with Gasteiger partial charge in [0.25, 0.3) is 0 Å². The Labute approximate surface area is 188 Å². The number of nitrogens with one attached hydrogen (secondary N) is 1. The van der Waals surface area contributed by atoms with Crippen LogP contribution in [-0.4, -0.2) is 37.5 Å². The van der Waals surface area contributed by atoms with E-state index in [9.17, 15) is 0 Å². The van der Waals surface area contributed by atoms with Crippen LogP contribution in [0.2, 0.25) is 0 Å². The number of rotatable bonds is 5. The molecule has 0 unspecified atom stereocenters. The molecular formula is C25H30N6O. The molecule has 0 radical (unpaired) electrons.